The molecular weight excluding hydrogens is 234 g/mol. The molecule has 0 N–H and O–H groups in total. The van der Waals surface area contributed by atoms with Crippen LogP contribution in [0.1, 0.15) is 45.0 Å². The van der Waals surface area contributed by atoms with E-state index in [1.807, 2.05) is 0 Å². The summed E-state index contributed by atoms with van der Waals surface area (Å²) in [6.07, 6.45) is 4.04. The van der Waals surface area contributed by atoms with Crippen molar-refractivity contribution < 1.29 is 0 Å². The average molecular weight is 257 g/mol. The van der Waals surface area contributed by atoms with E-state index in [0.717, 1.165) is 12.1 Å². The standard InChI is InChI=1S/C16H23N3/c1-3-19-15-10-6-5-9-14(15)17-16(19)13(2)18-11-7-4-8-12-18/h5-6,9-10,13H,3-4,7-8,11-12H2,1-2H3/t13-/m1/s1. The van der Waals surface area contributed by atoms with Gasteiger partial charge in [0.15, 0.2) is 0 Å². The Kier molecular flexibility index (Phi) is 3.56. The minimum atomic E-state index is 0.424. The highest BCUT2D eigenvalue weighted by Gasteiger charge is 2.23. The van der Waals surface area contributed by atoms with Crippen molar-refractivity contribution in [2.45, 2.75) is 45.7 Å². The van der Waals surface area contributed by atoms with E-state index in [1.165, 1.54) is 43.7 Å². The van der Waals surface area contributed by atoms with Gasteiger partial charge in [-0.15, -0.1) is 0 Å². The molecule has 3 rings (SSSR count). The molecule has 0 saturated carbocycles. The predicted molar refractivity (Wildman–Crippen MR) is 79.2 cm³/mol. The number of piperidine rings is 1. The molecule has 1 atom stereocenters. The van der Waals surface area contributed by atoms with Crippen LogP contribution in [0.3, 0.4) is 0 Å². The second-order valence-electron chi connectivity index (χ2n) is 5.48. The van der Waals surface area contributed by atoms with Crippen molar-refractivity contribution in [2.24, 2.45) is 0 Å². The normalized spacial score (nSPS) is 18.8. The smallest absolute Gasteiger partial charge is 0.127 e. The summed E-state index contributed by atoms with van der Waals surface area (Å²) in [6, 6.07) is 8.90. The number of aromatic nitrogens is 2. The number of rotatable bonds is 3. The minimum Gasteiger partial charge on any atom is -0.327 e. The third-order valence-corrected chi connectivity index (χ3v) is 4.31. The highest BCUT2D eigenvalue weighted by Crippen LogP contribution is 2.26. The first kappa shape index (κ1) is 12.7. The number of fused-ring (bicyclic) bond motifs is 1. The van der Waals surface area contributed by atoms with E-state index < -0.39 is 0 Å². The fourth-order valence-electron chi connectivity index (χ4n) is 3.21. The van der Waals surface area contributed by atoms with Gasteiger partial charge < -0.3 is 4.57 Å². The number of hydrogen-bond donors (Lipinski definition) is 0. The third-order valence-electron chi connectivity index (χ3n) is 4.31. The van der Waals surface area contributed by atoms with Crippen LogP contribution in [-0.2, 0) is 6.54 Å². The second-order valence-corrected chi connectivity index (χ2v) is 5.48. The zero-order valence-corrected chi connectivity index (χ0v) is 12.0. The van der Waals surface area contributed by atoms with Gasteiger partial charge in [-0.05, 0) is 51.9 Å². The molecule has 0 unspecified atom stereocenters. The van der Waals surface area contributed by atoms with E-state index in [2.05, 4.69) is 47.6 Å². The van der Waals surface area contributed by atoms with Crippen molar-refractivity contribution in [3.05, 3.63) is 30.1 Å². The highest BCUT2D eigenvalue weighted by atomic mass is 15.2. The molecule has 0 aliphatic carbocycles. The van der Waals surface area contributed by atoms with E-state index in [4.69, 9.17) is 4.98 Å². The summed E-state index contributed by atoms with van der Waals surface area (Å²) in [5.41, 5.74) is 2.40. The van der Waals surface area contributed by atoms with Gasteiger partial charge in [-0.2, -0.15) is 0 Å². The maximum Gasteiger partial charge on any atom is 0.127 e. The van der Waals surface area contributed by atoms with Crippen molar-refractivity contribution in [1.29, 1.82) is 0 Å². The molecule has 2 aromatic rings. The molecule has 3 heteroatoms. The van der Waals surface area contributed by atoms with Crippen molar-refractivity contribution in [3.63, 3.8) is 0 Å². The Hall–Kier alpha value is -1.35. The lowest BCUT2D eigenvalue weighted by molar-refractivity contribution is 0.166. The lowest BCUT2D eigenvalue weighted by atomic mass is 10.1. The molecule has 0 amide bonds. The molecule has 0 bridgehead atoms. The van der Waals surface area contributed by atoms with E-state index in [1.54, 1.807) is 0 Å². The molecule has 1 aromatic heterocycles. The van der Waals surface area contributed by atoms with Gasteiger partial charge in [0.25, 0.3) is 0 Å². The fourth-order valence-corrected chi connectivity index (χ4v) is 3.21. The van der Waals surface area contributed by atoms with Crippen LogP contribution in [0.25, 0.3) is 11.0 Å². The number of para-hydroxylation sites is 2. The highest BCUT2D eigenvalue weighted by molar-refractivity contribution is 5.76. The SMILES string of the molecule is CCn1c([C@@H](C)N2CCCCC2)nc2ccccc21. The van der Waals surface area contributed by atoms with E-state index >= 15 is 0 Å². The Bertz CT molecular complexity index is 552. The summed E-state index contributed by atoms with van der Waals surface area (Å²) in [4.78, 5) is 7.46. The zero-order chi connectivity index (χ0) is 13.2. The lowest BCUT2D eigenvalue weighted by Crippen LogP contribution is -2.33. The average Bonchev–Trinajstić information content (AvgIpc) is 2.85. The maximum atomic E-state index is 4.88. The largest absolute Gasteiger partial charge is 0.327 e. The Morgan fingerprint density at radius 1 is 1.16 bits per heavy atom. The number of nitrogens with zero attached hydrogens (tertiary/aromatic N) is 3. The van der Waals surface area contributed by atoms with Gasteiger partial charge in [0.2, 0.25) is 0 Å². The van der Waals surface area contributed by atoms with Gasteiger partial charge >= 0.3 is 0 Å². The van der Waals surface area contributed by atoms with E-state index in [-0.39, 0.29) is 0 Å². The van der Waals surface area contributed by atoms with Gasteiger partial charge in [-0.25, -0.2) is 4.98 Å². The Balaban J connectivity index is 1.98. The van der Waals surface area contributed by atoms with Crippen LogP contribution in [-0.4, -0.2) is 27.5 Å². The zero-order valence-electron chi connectivity index (χ0n) is 12.0. The molecule has 1 aliphatic heterocycles. The minimum absolute atomic E-state index is 0.424. The second kappa shape index (κ2) is 5.33. The number of imidazole rings is 1. The number of benzene rings is 1. The van der Waals surface area contributed by atoms with Crippen molar-refractivity contribution in [3.8, 4) is 0 Å². The van der Waals surface area contributed by atoms with Crippen LogP contribution >= 0.6 is 0 Å². The number of likely N-dealkylation sites (tertiary alicyclic amines) is 1. The summed E-state index contributed by atoms with van der Waals surface area (Å²) >= 11 is 0. The van der Waals surface area contributed by atoms with Crippen LogP contribution in [0.2, 0.25) is 0 Å². The first-order valence-corrected chi connectivity index (χ1v) is 7.50. The van der Waals surface area contributed by atoms with Crippen LogP contribution in [0.4, 0.5) is 0 Å². The summed E-state index contributed by atoms with van der Waals surface area (Å²) in [7, 11) is 0. The molecule has 3 nitrogen and oxygen atoms in total. The quantitative estimate of drug-likeness (QED) is 0.837. The van der Waals surface area contributed by atoms with Gasteiger partial charge in [-0.1, -0.05) is 18.6 Å². The Morgan fingerprint density at radius 2 is 1.89 bits per heavy atom. The predicted octanol–water partition coefficient (Wildman–Crippen LogP) is 3.60. The Labute approximate surface area is 115 Å². The Morgan fingerprint density at radius 3 is 2.63 bits per heavy atom. The van der Waals surface area contributed by atoms with Gasteiger partial charge in [0.1, 0.15) is 5.82 Å². The lowest BCUT2D eigenvalue weighted by Gasteiger charge is -2.32. The van der Waals surface area contributed by atoms with Gasteiger partial charge in [0, 0.05) is 6.54 Å². The molecule has 1 aliphatic rings. The van der Waals surface area contributed by atoms with Gasteiger partial charge in [0.05, 0.1) is 17.1 Å². The summed E-state index contributed by atoms with van der Waals surface area (Å²) < 4.78 is 2.37. The van der Waals surface area contributed by atoms with Crippen molar-refractivity contribution in [2.75, 3.05) is 13.1 Å². The first-order valence-electron chi connectivity index (χ1n) is 7.50. The summed E-state index contributed by atoms with van der Waals surface area (Å²) in [6.45, 7) is 7.94. The van der Waals surface area contributed by atoms with Crippen molar-refractivity contribution >= 4 is 11.0 Å². The number of hydrogen-bond acceptors (Lipinski definition) is 2. The molecule has 1 saturated heterocycles. The molecule has 0 spiro atoms. The van der Waals surface area contributed by atoms with Crippen LogP contribution in [0.15, 0.2) is 24.3 Å². The summed E-state index contributed by atoms with van der Waals surface area (Å²) in [5, 5.41) is 0. The summed E-state index contributed by atoms with van der Waals surface area (Å²) in [5.74, 6) is 1.23. The molecule has 19 heavy (non-hydrogen) atoms. The molecule has 102 valence electrons. The molecular formula is C16H23N3. The van der Waals surface area contributed by atoms with E-state index in [9.17, 15) is 0 Å². The first-order chi connectivity index (χ1) is 9.31. The fraction of sp³-hybridized carbons (Fsp3) is 0.562. The van der Waals surface area contributed by atoms with Crippen LogP contribution in [0.5, 0.6) is 0 Å². The maximum absolute atomic E-state index is 4.88. The topological polar surface area (TPSA) is 21.1 Å². The monoisotopic (exact) mass is 257 g/mol. The van der Waals surface area contributed by atoms with E-state index in [0.29, 0.717) is 6.04 Å². The third kappa shape index (κ3) is 2.27. The van der Waals surface area contributed by atoms with Crippen LogP contribution in [0, 0.1) is 0 Å². The molecule has 2 heterocycles. The number of aryl methyl sites for hydroxylation is 1. The molecule has 0 radical (unpaired) electrons. The molecule has 1 fully saturated rings. The van der Waals surface area contributed by atoms with Crippen LogP contribution < -0.4 is 0 Å². The van der Waals surface area contributed by atoms with Gasteiger partial charge in [-0.3, -0.25) is 4.90 Å². The molecule has 1 aromatic carbocycles. The van der Waals surface area contributed by atoms with Crippen molar-refractivity contribution in [1.82, 2.24) is 14.5 Å².